The monoisotopic (exact) mass is 654 g/mol. The number of nitrogens with zero attached hydrogens (tertiary/aromatic N) is 1. The Bertz CT molecular complexity index is 923. The van der Waals surface area contributed by atoms with E-state index in [4.69, 9.17) is 4.74 Å². The predicted octanol–water partition coefficient (Wildman–Crippen LogP) is 12.4. The van der Waals surface area contributed by atoms with E-state index < -0.39 is 0 Å². The molecule has 0 aliphatic carbocycles. The Hall–Kier alpha value is -2.17. The largest absolute Gasteiger partial charge is 0.466 e. The number of hydrogen-bond acceptors (Lipinski definition) is 4. The highest BCUT2D eigenvalue weighted by molar-refractivity contribution is 6.21. The lowest BCUT2D eigenvalue weighted by molar-refractivity contribution is -0.143. The molecule has 2 rings (SSSR count). The van der Waals surface area contributed by atoms with Gasteiger partial charge < -0.3 is 4.74 Å². The van der Waals surface area contributed by atoms with Crippen molar-refractivity contribution in [2.75, 3.05) is 13.2 Å². The zero-order valence-electron chi connectivity index (χ0n) is 30.7. The number of benzene rings is 1. The topological polar surface area (TPSA) is 63.7 Å². The van der Waals surface area contributed by atoms with Crippen molar-refractivity contribution in [3.8, 4) is 0 Å². The number of carbonyl (C=O) groups excluding carboxylic acids is 3. The van der Waals surface area contributed by atoms with E-state index in [0.717, 1.165) is 38.0 Å². The molecule has 268 valence electrons. The number of hydrogen-bond donors (Lipinski definition) is 0. The smallest absolute Gasteiger partial charge is 0.305 e. The van der Waals surface area contributed by atoms with Crippen LogP contribution in [0, 0.1) is 5.92 Å². The molecule has 0 spiro atoms. The molecule has 0 fully saturated rings. The molecule has 5 nitrogen and oxygen atoms in total. The van der Waals surface area contributed by atoms with Gasteiger partial charge >= 0.3 is 5.97 Å². The van der Waals surface area contributed by atoms with Gasteiger partial charge in [0.05, 0.1) is 17.7 Å². The van der Waals surface area contributed by atoms with Crippen LogP contribution in [0.15, 0.2) is 24.3 Å². The molecule has 0 radical (unpaired) electrons. The first kappa shape index (κ1) is 41.0. The second-order valence-corrected chi connectivity index (χ2v) is 14.7. The van der Waals surface area contributed by atoms with Crippen LogP contribution < -0.4 is 0 Å². The number of fused-ring (bicyclic) bond motifs is 1. The van der Waals surface area contributed by atoms with Crippen LogP contribution >= 0.6 is 0 Å². The molecule has 2 amide bonds. The van der Waals surface area contributed by atoms with Crippen LogP contribution in [0.1, 0.15) is 214 Å². The van der Waals surface area contributed by atoms with Crippen molar-refractivity contribution in [3.05, 3.63) is 35.4 Å². The van der Waals surface area contributed by atoms with Crippen LogP contribution in [0.4, 0.5) is 0 Å². The quantitative estimate of drug-likeness (QED) is 0.0441. The van der Waals surface area contributed by atoms with Crippen molar-refractivity contribution < 1.29 is 19.1 Å². The highest BCUT2D eigenvalue weighted by Gasteiger charge is 2.34. The standard InChI is InChI=1S/C42H71NO4/c1-37(2)31-25-21-17-13-9-5-6-10-14-18-22-26-34-40(44)47-36-30-24-20-16-12-8-4-3-7-11-15-19-23-29-35-43-41(45)38-32-27-28-33-39(38)42(43)46/h27-28,32-33,37H,3-26,29-31,34-36H2,1-2H3. The van der Waals surface area contributed by atoms with Gasteiger partial charge in [-0.05, 0) is 37.3 Å². The van der Waals surface area contributed by atoms with Crippen molar-refractivity contribution in [2.24, 2.45) is 5.92 Å². The molecule has 0 bridgehead atoms. The fraction of sp³-hybridized carbons (Fsp3) is 0.786. The molecule has 1 aromatic carbocycles. The molecule has 0 saturated carbocycles. The molecule has 47 heavy (non-hydrogen) atoms. The van der Waals surface area contributed by atoms with E-state index in [1.165, 1.54) is 146 Å². The van der Waals surface area contributed by atoms with Crippen molar-refractivity contribution >= 4 is 17.8 Å². The minimum Gasteiger partial charge on any atom is -0.466 e. The highest BCUT2D eigenvalue weighted by atomic mass is 16.5. The van der Waals surface area contributed by atoms with E-state index in [9.17, 15) is 14.4 Å². The number of ether oxygens (including phenoxy) is 1. The SMILES string of the molecule is CC(C)CCCCCCCCCCCCCCC(=O)OCCCCCCCCCCCCCCCCN1C(=O)c2ccccc2C1=O. The molecule has 0 atom stereocenters. The van der Waals surface area contributed by atoms with E-state index in [-0.39, 0.29) is 17.8 Å². The van der Waals surface area contributed by atoms with Gasteiger partial charge in [0, 0.05) is 13.0 Å². The fourth-order valence-corrected chi connectivity index (χ4v) is 6.78. The number of amides is 2. The van der Waals surface area contributed by atoms with Gasteiger partial charge in [-0.2, -0.15) is 0 Å². The maximum Gasteiger partial charge on any atom is 0.305 e. The molecule has 1 aliphatic heterocycles. The minimum absolute atomic E-state index is 0.000198. The van der Waals surface area contributed by atoms with Crippen LogP contribution in [-0.2, 0) is 9.53 Å². The Morgan fingerprint density at radius 2 is 0.894 bits per heavy atom. The molecule has 5 heteroatoms. The minimum atomic E-state index is -0.133. The number of imide groups is 1. The van der Waals surface area contributed by atoms with Crippen molar-refractivity contribution in [2.45, 2.75) is 194 Å². The Kier molecular flexibility index (Phi) is 24.2. The molecule has 0 aromatic heterocycles. The van der Waals surface area contributed by atoms with Gasteiger partial charge in [-0.1, -0.05) is 180 Å². The maximum atomic E-state index is 12.4. The summed E-state index contributed by atoms with van der Waals surface area (Å²) in [6, 6.07) is 7.13. The third-order valence-electron chi connectivity index (χ3n) is 9.83. The van der Waals surface area contributed by atoms with Crippen molar-refractivity contribution in [3.63, 3.8) is 0 Å². The Morgan fingerprint density at radius 1 is 0.532 bits per heavy atom. The average molecular weight is 654 g/mol. The molecule has 1 heterocycles. The molecular weight excluding hydrogens is 582 g/mol. The van der Waals surface area contributed by atoms with E-state index in [1.807, 2.05) is 12.1 Å². The van der Waals surface area contributed by atoms with Crippen LogP contribution in [0.25, 0.3) is 0 Å². The summed E-state index contributed by atoms with van der Waals surface area (Å²) in [6.07, 6.45) is 34.9. The van der Waals surface area contributed by atoms with E-state index in [2.05, 4.69) is 13.8 Å². The van der Waals surface area contributed by atoms with E-state index in [1.54, 1.807) is 12.1 Å². The van der Waals surface area contributed by atoms with Gasteiger partial charge in [-0.25, -0.2) is 0 Å². The Morgan fingerprint density at radius 3 is 1.32 bits per heavy atom. The first-order valence-corrected chi connectivity index (χ1v) is 20.1. The zero-order chi connectivity index (χ0) is 33.8. The van der Waals surface area contributed by atoms with Gasteiger partial charge in [0.2, 0.25) is 0 Å². The Balaban J connectivity index is 1.22. The lowest BCUT2D eigenvalue weighted by Crippen LogP contribution is -2.30. The van der Waals surface area contributed by atoms with E-state index in [0.29, 0.717) is 30.7 Å². The van der Waals surface area contributed by atoms with Crippen molar-refractivity contribution in [1.29, 1.82) is 0 Å². The fourth-order valence-electron chi connectivity index (χ4n) is 6.78. The third kappa shape index (κ3) is 20.1. The van der Waals surface area contributed by atoms with Gasteiger partial charge in [-0.3, -0.25) is 19.3 Å². The lowest BCUT2D eigenvalue weighted by atomic mass is 10.0. The summed E-state index contributed by atoms with van der Waals surface area (Å²) in [7, 11) is 0. The van der Waals surface area contributed by atoms with Crippen LogP contribution in [0.5, 0.6) is 0 Å². The summed E-state index contributed by atoms with van der Waals surface area (Å²) in [5.74, 6) is 0.592. The average Bonchev–Trinajstić information content (AvgIpc) is 3.30. The van der Waals surface area contributed by atoms with Gasteiger partial charge in [0.25, 0.3) is 11.8 Å². The van der Waals surface area contributed by atoms with Gasteiger partial charge in [-0.15, -0.1) is 0 Å². The second-order valence-electron chi connectivity index (χ2n) is 14.7. The van der Waals surface area contributed by atoms with Gasteiger partial charge in [0.1, 0.15) is 0 Å². The maximum absolute atomic E-state index is 12.4. The predicted molar refractivity (Wildman–Crippen MR) is 197 cm³/mol. The molecule has 1 aromatic rings. The first-order valence-electron chi connectivity index (χ1n) is 20.1. The number of carbonyl (C=O) groups is 3. The molecule has 0 unspecified atom stereocenters. The summed E-state index contributed by atoms with van der Waals surface area (Å²) in [4.78, 5) is 38.2. The van der Waals surface area contributed by atoms with E-state index >= 15 is 0 Å². The van der Waals surface area contributed by atoms with Crippen LogP contribution in [-0.4, -0.2) is 35.8 Å². The summed E-state index contributed by atoms with van der Waals surface area (Å²) in [5, 5.41) is 0. The summed E-state index contributed by atoms with van der Waals surface area (Å²) in [5.41, 5.74) is 1.10. The molecular formula is C42H71NO4. The molecule has 0 saturated heterocycles. The van der Waals surface area contributed by atoms with Crippen molar-refractivity contribution in [1.82, 2.24) is 4.90 Å². The highest BCUT2D eigenvalue weighted by Crippen LogP contribution is 2.23. The number of rotatable bonds is 32. The third-order valence-corrected chi connectivity index (χ3v) is 9.83. The molecule has 0 N–H and O–H groups in total. The summed E-state index contributed by atoms with van der Waals surface area (Å²) >= 11 is 0. The normalized spacial score (nSPS) is 12.8. The first-order chi connectivity index (χ1) is 23.0. The molecule has 1 aliphatic rings. The van der Waals surface area contributed by atoms with Gasteiger partial charge in [0.15, 0.2) is 0 Å². The van der Waals surface area contributed by atoms with Crippen LogP contribution in [0.2, 0.25) is 0 Å². The van der Waals surface area contributed by atoms with Crippen LogP contribution in [0.3, 0.4) is 0 Å². The number of unbranched alkanes of at least 4 members (excludes halogenated alkanes) is 24. The number of esters is 1. The summed E-state index contributed by atoms with van der Waals surface area (Å²) in [6.45, 7) is 5.78. The zero-order valence-corrected chi connectivity index (χ0v) is 30.7. The summed E-state index contributed by atoms with van der Waals surface area (Å²) < 4.78 is 5.45. The Labute approximate surface area is 289 Å². The lowest BCUT2D eigenvalue weighted by Gasteiger charge is -2.13. The second kappa shape index (κ2) is 27.7.